The van der Waals surface area contributed by atoms with Crippen LogP contribution in [-0.2, 0) is 0 Å². The molecular weight excluding hydrogens is 421 g/mol. The van der Waals surface area contributed by atoms with Crippen LogP contribution in [0.2, 0.25) is 0 Å². The molecule has 19 heavy (non-hydrogen) atoms. The van der Waals surface area contributed by atoms with Gasteiger partial charge in [0.15, 0.2) is 0 Å². The van der Waals surface area contributed by atoms with Gasteiger partial charge in [0.2, 0.25) is 0 Å². The molecule has 0 aliphatic carbocycles. The molecule has 0 aromatic heterocycles. The highest BCUT2D eigenvalue weighted by Crippen LogP contribution is 2.26. The number of carbonyl (C=O) groups excluding carboxylic acids is 1. The van der Waals surface area contributed by atoms with Gasteiger partial charge in [-0.15, -0.1) is 0 Å². The molecule has 1 aliphatic rings. The molecule has 5 heteroatoms. The maximum Gasteiger partial charge on any atom is 0.255 e. The van der Waals surface area contributed by atoms with Crippen LogP contribution in [0.3, 0.4) is 0 Å². The fourth-order valence-electron chi connectivity index (χ4n) is 2.55. The maximum atomic E-state index is 12.6. The van der Waals surface area contributed by atoms with Crippen molar-refractivity contribution in [2.45, 2.75) is 31.7 Å². The highest BCUT2D eigenvalue weighted by molar-refractivity contribution is 14.1. The van der Waals surface area contributed by atoms with Crippen LogP contribution in [0.5, 0.6) is 0 Å². The Morgan fingerprint density at radius 1 is 1.53 bits per heavy atom. The third-order valence-electron chi connectivity index (χ3n) is 3.49. The van der Waals surface area contributed by atoms with Crippen molar-refractivity contribution in [1.29, 1.82) is 0 Å². The van der Waals surface area contributed by atoms with Crippen molar-refractivity contribution in [3.05, 3.63) is 31.8 Å². The summed E-state index contributed by atoms with van der Waals surface area (Å²) in [7, 11) is 0. The van der Waals surface area contributed by atoms with Gasteiger partial charge < -0.3 is 10.0 Å². The second-order valence-corrected chi connectivity index (χ2v) is 6.86. The number of nitrogens with zero attached hydrogens (tertiary/aromatic N) is 1. The van der Waals surface area contributed by atoms with Crippen LogP contribution in [0.15, 0.2) is 22.7 Å². The van der Waals surface area contributed by atoms with Gasteiger partial charge in [-0.2, -0.15) is 0 Å². The monoisotopic (exact) mass is 437 g/mol. The first-order valence-corrected chi connectivity index (χ1v) is 8.37. The van der Waals surface area contributed by atoms with Gasteiger partial charge in [-0.25, -0.2) is 0 Å². The minimum atomic E-state index is 0.117. The SMILES string of the molecule is O=C(c1cc(Br)ccc1I)N1CCCC1CCCO. The molecule has 2 rings (SSSR count). The zero-order valence-corrected chi connectivity index (χ0v) is 14.4. The van der Waals surface area contributed by atoms with Gasteiger partial charge in [-0.05, 0) is 66.5 Å². The summed E-state index contributed by atoms with van der Waals surface area (Å²) in [6.07, 6.45) is 3.78. The molecule has 104 valence electrons. The van der Waals surface area contributed by atoms with Crippen molar-refractivity contribution < 1.29 is 9.90 Å². The molecule has 1 N–H and O–H groups in total. The summed E-state index contributed by atoms with van der Waals surface area (Å²) < 4.78 is 1.92. The Hall–Kier alpha value is -0.140. The van der Waals surface area contributed by atoms with Crippen LogP contribution in [0.1, 0.15) is 36.0 Å². The first-order valence-electron chi connectivity index (χ1n) is 6.50. The number of carbonyl (C=O) groups is 1. The molecule has 3 nitrogen and oxygen atoms in total. The number of aliphatic hydroxyl groups is 1. The maximum absolute atomic E-state index is 12.6. The van der Waals surface area contributed by atoms with Crippen LogP contribution in [0.25, 0.3) is 0 Å². The minimum absolute atomic E-state index is 0.117. The number of likely N-dealkylation sites (tertiary alicyclic amines) is 1. The molecule has 0 saturated carbocycles. The van der Waals surface area contributed by atoms with E-state index >= 15 is 0 Å². The van der Waals surface area contributed by atoms with Gasteiger partial charge >= 0.3 is 0 Å². The van der Waals surface area contributed by atoms with Crippen molar-refractivity contribution >= 4 is 44.4 Å². The van der Waals surface area contributed by atoms with Crippen LogP contribution < -0.4 is 0 Å². The Balaban J connectivity index is 2.16. The Kier molecular flexibility index (Phi) is 5.65. The van der Waals surface area contributed by atoms with E-state index < -0.39 is 0 Å². The molecule has 1 saturated heterocycles. The molecule has 1 aromatic rings. The highest BCUT2D eigenvalue weighted by atomic mass is 127. The van der Waals surface area contributed by atoms with Gasteiger partial charge in [0.1, 0.15) is 0 Å². The lowest BCUT2D eigenvalue weighted by Gasteiger charge is -2.25. The van der Waals surface area contributed by atoms with Crippen molar-refractivity contribution in [3.63, 3.8) is 0 Å². The van der Waals surface area contributed by atoms with Crippen LogP contribution in [0.4, 0.5) is 0 Å². The van der Waals surface area contributed by atoms with E-state index in [1.165, 1.54) is 0 Å². The van der Waals surface area contributed by atoms with E-state index in [9.17, 15) is 4.79 Å². The largest absolute Gasteiger partial charge is 0.396 e. The van der Waals surface area contributed by atoms with Crippen LogP contribution in [-0.4, -0.2) is 35.1 Å². The van der Waals surface area contributed by atoms with E-state index in [-0.39, 0.29) is 18.6 Å². The fourth-order valence-corrected chi connectivity index (χ4v) is 3.47. The smallest absolute Gasteiger partial charge is 0.255 e. The quantitative estimate of drug-likeness (QED) is 0.733. The topological polar surface area (TPSA) is 40.5 Å². The standard InChI is InChI=1S/C14H17BrINO2/c15-10-5-6-13(16)12(9-10)14(19)17-7-1-3-11(17)4-2-8-18/h5-6,9,11,18H,1-4,7-8H2. The van der Waals surface area contributed by atoms with Gasteiger partial charge in [-0.3, -0.25) is 4.79 Å². The summed E-state index contributed by atoms with van der Waals surface area (Å²) in [6, 6.07) is 6.09. The van der Waals surface area contributed by atoms with Gasteiger partial charge in [0.25, 0.3) is 5.91 Å². The van der Waals surface area contributed by atoms with Gasteiger partial charge in [-0.1, -0.05) is 15.9 Å². The van der Waals surface area contributed by atoms with Crippen molar-refractivity contribution in [1.82, 2.24) is 4.90 Å². The Bertz CT molecular complexity index is 467. The van der Waals surface area contributed by atoms with Crippen LogP contribution in [0, 0.1) is 3.57 Å². The first-order chi connectivity index (χ1) is 9.13. The zero-order valence-electron chi connectivity index (χ0n) is 10.6. The molecule has 0 bridgehead atoms. The molecule has 1 aromatic carbocycles. The zero-order chi connectivity index (χ0) is 13.8. The highest BCUT2D eigenvalue weighted by Gasteiger charge is 2.29. The van der Waals surface area contributed by atoms with Gasteiger partial charge in [0, 0.05) is 27.2 Å². The molecule has 1 unspecified atom stereocenters. The lowest BCUT2D eigenvalue weighted by atomic mass is 10.1. The molecule has 1 fully saturated rings. The van der Waals surface area contributed by atoms with E-state index in [2.05, 4.69) is 38.5 Å². The summed E-state index contributed by atoms with van der Waals surface area (Å²) in [5.74, 6) is 0.117. The normalized spacial score (nSPS) is 18.9. The summed E-state index contributed by atoms with van der Waals surface area (Å²) in [5, 5.41) is 8.94. The Morgan fingerprint density at radius 2 is 2.32 bits per heavy atom. The Morgan fingerprint density at radius 3 is 3.05 bits per heavy atom. The fraction of sp³-hybridized carbons (Fsp3) is 0.500. The number of halogens is 2. The molecule has 0 radical (unpaired) electrons. The van der Waals surface area contributed by atoms with E-state index in [1.54, 1.807) is 0 Å². The molecule has 1 atom stereocenters. The van der Waals surface area contributed by atoms with Crippen molar-refractivity contribution in [3.8, 4) is 0 Å². The molecular formula is C14H17BrINO2. The third kappa shape index (κ3) is 3.70. The van der Waals surface area contributed by atoms with Crippen LogP contribution >= 0.6 is 38.5 Å². The molecule has 1 heterocycles. The molecule has 0 spiro atoms. The number of amides is 1. The predicted molar refractivity (Wildman–Crippen MR) is 87.2 cm³/mol. The number of rotatable bonds is 4. The number of benzene rings is 1. The molecule has 1 amide bonds. The van der Waals surface area contributed by atoms with Gasteiger partial charge in [0.05, 0.1) is 5.56 Å². The van der Waals surface area contributed by atoms with E-state index in [0.717, 1.165) is 45.8 Å². The second-order valence-electron chi connectivity index (χ2n) is 4.78. The average Bonchev–Trinajstić information content (AvgIpc) is 2.86. The van der Waals surface area contributed by atoms with E-state index in [0.29, 0.717) is 0 Å². The summed E-state index contributed by atoms with van der Waals surface area (Å²) in [6.45, 7) is 1.03. The third-order valence-corrected chi connectivity index (χ3v) is 4.93. The Labute approximate surface area is 135 Å². The van der Waals surface area contributed by atoms with E-state index in [1.807, 2.05) is 23.1 Å². The first kappa shape index (κ1) is 15.3. The second kappa shape index (κ2) is 7.04. The van der Waals surface area contributed by atoms with Crippen molar-refractivity contribution in [2.75, 3.05) is 13.2 Å². The number of aliphatic hydroxyl groups excluding tert-OH is 1. The molecule has 1 aliphatic heterocycles. The lowest BCUT2D eigenvalue weighted by molar-refractivity contribution is 0.0723. The van der Waals surface area contributed by atoms with E-state index in [4.69, 9.17) is 5.11 Å². The summed E-state index contributed by atoms with van der Waals surface area (Å²) in [5.41, 5.74) is 0.769. The average molecular weight is 438 g/mol. The lowest BCUT2D eigenvalue weighted by Crippen LogP contribution is -2.36. The number of hydrogen-bond donors (Lipinski definition) is 1. The number of hydrogen-bond acceptors (Lipinski definition) is 2. The summed E-state index contributed by atoms with van der Waals surface area (Å²) >= 11 is 5.63. The predicted octanol–water partition coefficient (Wildman–Crippen LogP) is 3.43. The minimum Gasteiger partial charge on any atom is -0.396 e. The van der Waals surface area contributed by atoms with Crippen molar-refractivity contribution in [2.24, 2.45) is 0 Å². The summed E-state index contributed by atoms with van der Waals surface area (Å²) in [4.78, 5) is 14.6.